The summed E-state index contributed by atoms with van der Waals surface area (Å²) in [6, 6.07) is 16.1. The van der Waals surface area contributed by atoms with Crippen molar-refractivity contribution in [2.24, 2.45) is 0 Å². The number of aromatic carboxylic acids is 1. The van der Waals surface area contributed by atoms with Gasteiger partial charge in [-0.25, -0.2) is 9.18 Å². The Morgan fingerprint density at radius 3 is 2.54 bits per heavy atom. The molecule has 132 valence electrons. The lowest BCUT2D eigenvalue weighted by atomic mass is 9.99. The molecule has 0 amide bonds. The summed E-state index contributed by atoms with van der Waals surface area (Å²) in [7, 11) is 0. The number of halogens is 1. The summed E-state index contributed by atoms with van der Waals surface area (Å²) in [5, 5.41) is 17.8. The fourth-order valence-corrected chi connectivity index (χ4v) is 3.32. The molecule has 1 fully saturated rings. The minimum absolute atomic E-state index is 0.125. The second-order valence-electron chi connectivity index (χ2n) is 6.26. The number of aromatic nitrogens is 3. The van der Waals surface area contributed by atoms with Crippen LogP contribution >= 0.6 is 0 Å². The largest absolute Gasteiger partial charge is 0.476 e. The van der Waals surface area contributed by atoms with Crippen LogP contribution in [0.4, 0.5) is 10.2 Å². The zero-order valence-electron chi connectivity index (χ0n) is 13.9. The first-order valence-corrected chi connectivity index (χ1v) is 8.39. The van der Waals surface area contributed by atoms with Crippen molar-refractivity contribution in [1.29, 1.82) is 0 Å². The average Bonchev–Trinajstić information content (AvgIpc) is 3.30. The molecule has 1 aromatic heterocycles. The minimum Gasteiger partial charge on any atom is -0.476 e. The maximum absolute atomic E-state index is 14.0. The Kier molecular flexibility index (Phi) is 4.12. The van der Waals surface area contributed by atoms with Gasteiger partial charge in [-0.2, -0.15) is 0 Å². The minimum atomic E-state index is -1.18. The molecule has 0 bridgehead atoms. The first kappa shape index (κ1) is 16.3. The number of para-hydroxylation sites is 1. The molecule has 26 heavy (non-hydrogen) atoms. The lowest BCUT2D eigenvalue weighted by molar-refractivity contribution is 0.0690. The van der Waals surface area contributed by atoms with Gasteiger partial charge in [-0.05, 0) is 24.1 Å². The fourth-order valence-electron chi connectivity index (χ4n) is 3.32. The number of anilines is 1. The molecule has 4 rings (SSSR count). The molecule has 1 unspecified atom stereocenters. The number of hydrogen-bond acceptors (Lipinski definition) is 4. The first-order chi connectivity index (χ1) is 12.6. The van der Waals surface area contributed by atoms with Crippen molar-refractivity contribution in [1.82, 2.24) is 15.0 Å². The quantitative estimate of drug-likeness (QED) is 0.781. The normalized spacial score (nSPS) is 16.8. The molecule has 6 nitrogen and oxygen atoms in total. The van der Waals surface area contributed by atoms with Crippen LogP contribution in [0.2, 0.25) is 0 Å². The van der Waals surface area contributed by atoms with E-state index in [1.54, 1.807) is 12.1 Å². The number of carbonyl (C=O) groups is 1. The Labute approximate surface area is 149 Å². The lowest BCUT2D eigenvalue weighted by Gasteiger charge is -2.16. The molecule has 1 aliphatic rings. The van der Waals surface area contributed by atoms with E-state index in [2.05, 4.69) is 22.3 Å². The predicted molar refractivity (Wildman–Crippen MR) is 94.3 cm³/mol. The third kappa shape index (κ3) is 2.92. The molecule has 2 aromatic carbocycles. The molecule has 1 aliphatic heterocycles. The summed E-state index contributed by atoms with van der Waals surface area (Å²) >= 11 is 0. The van der Waals surface area contributed by atoms with Gasteiger partial charge in [0, 0.05) is 19.0 Å². The molecule has 0 spiro atoms. The van der Waals surface area contributed by atoms with E-state index >= 15 is 0 Å². The van der Waals surface area contributed by atoms with Gasteiger partial charge in [0.1, 0.15) is 5.69 Å². The van der Waals surface area contributed by atoms with E-state index < -0.39 is 11.8 Å². The van der Waals surface area contributed by atoms with Crippen LogP contribution in [0.3, 0.4) is 0 Å². The van der Waals surface area contributed by atoms with Crippen molar-refractivity contribution >= 4 is 11.8 Å². The third-order valence-corrected chi connectivity index (χ3v) is 4.63. The standard InChI is InChI=1S/C19H17FN4O2/c20-15-8-4-5-9-16(15)24-21-17(19(25)26)18(22-24)23-11-10-14(12-23)13-6-2-1-3-7-13/h1-9,14H,10-12H2,(H,25,26). The molecular weight excluding hydrogens is 335 g/mol. The summed E-state index contributed by atoms with van der Waals surface area (Å²) in [5.41, 5.74) is 1.18. The van der Waals surface area contributed by atoms with Crippen molar-refractivity contribution in [3.63, 3.8) is 0 Å². The van der Waals surface area contributed by atoms with Gasteiger partial charge < -0.3 is 10.0 Å². The van der Waals surface area contributed by atoms with Crippen LogP contribution in [-0.4, -0.2) is 39.2 Å². The second kappa shape index (κ2) is 6.59. The van der Waals surface area contributed by atoms with E-state index in [0.29, 0.717) is 19.0 Å². The number of nitrogens with zero attached hydrogens (tertiary/aromatic N) is 4. The molecule has 0 radical (unpaired) electrons. The number of benzene rings is 2. The summed E-state index contributed by atoms with van der Waals surface area (Å²) < 4.78 is 14.0. The summed E-state index contributed by atoms with van der Waals surface area (Å²) in [4.78, 5) is 14.6. The third-order valence-electron chi connectivity index (χ3n) is 4.63. The van der Waals surface area contributed by atoms with Gasteiger partial charge in [-0.1, -0.05) is 42.5 Å². The van der Waals surface area contributed by atoms with Gasteiger partial charge >= 0.3 is 5.97 Å². The van der Waals surface area contributed by atoms with Crippen molar-refractivity contribution in [2.75, 3.05) is 18.0 Å². The van der Waals surface area contributed by atoms with E-state index in [1.165, 1.54) is 17.7 Å². The molecule has 2 heterocycles. The van der Waals surface area contributed by atoms with Crippen LogP contribution in [0.1, 0.15) is 28.4 Å². The van der Waals surface area contributed by atoms with E-state index in [4.69, 9.17) is 0 Å². The Hall–Kier alpha value is -3.22. The van der Waals surface area contributed by atoms with Gasteiger partial charge in [0.05, 0.1) is 0 Å². The SMILES string of the molecule is O=C(O)c1nn(-c2ccccc2F)nc1N1CCC(c2ccccc2)C1. The monoisotopic (exact) mass is 352 g/mol. The Bertz CT molecular complexity index is 942. The van der Waals surface area contributed by atoms with Gasteiger partial charge in [0.15, 0.2) is 11.6 Å². The zero-order chi connectivity index (χ0) is 18.1. The number of carboxylic acids is 1. The Morgan fingerprint density at radius 2 is 1.81 bits per heavy atom. The van der Waals surface area contributed by atoms with Crippen LogP contribution in [0, 0.1) is 5.82 Å². The van der Waals surface area contributed by atoms with Crippen molar-refractivity contribution in [3.05, 3.63) is 71.7 Å². The Balaban J connectivity index is 1.66. The molecule has 1 N–H and O–H groups in total. The highest BCUT2D eigenvalue weighted by molar-refractivity contribution is 5.91. The summed E-state index contributed by atoms with van der Waals surface area (Å²) in [5.74, 6) is -1.10. The fraction of sp³-hybridized carbons (Fsp3) is 0.211. The van der Waals surface area contributed by atoms with Crippen LogP contribution in [0.15, 0.2) is 54.6 Å². The number of hydrogen-bond donors (Lipinski definition) is 1. The smallest absolute Gasteiger partial charge is 0.360 e. The maximum atomic E-state index is 14.0. The van der Waals surface area contributed by atoms with Crippen LogP contribution in [0.25, 0.3) is 5.69 Å². The predicted octanol–water partition coefficient (Wildman–Crippen LogP) is 3.10. The topological polar surface area (TPSA) is 71.2 Å². The molecule has 1 atom stereocenters. The maximum Gasteiger partial charge on any atom is 0.360 e. The van der Waals surface area contributed by atoms with Crippen molar-refractivity contribution < 1.29 is 14.3 Å². The molecule has 0 saturated carbocycles. The van der Waals surface area contributed by atoms with Gasteiger partial charge in [-0.15, -0.1) is 15.0 Å². The van der Waals surface area contributed by atoms with Crippen LogP contribution < -0.4 is 4.90 Å². The van der Waals surface area contributed by atoms with Gasteiger partial charge in [-0.3, -0.25) is 0 Å². The summed E-state index contributed by atoms with van der Waals surface area (Å²) in [6.45, 7) is 1.33. The van der Waals surface area contributed by atoms with Crippen molar-refractivity contribution in [3.8, 4) is 5.69 Å². The van der Waals surface area contributed by atoms with Gasteiger partial charge in [0.25, 0.3) is 0 Å². The van der Waals surface area contributed by atoms with Gasteiger partial charge in [0.2, 0.25) is 5.69 Å². The lowest BCUT2D eigenvalue weighted by Crippen LogP contribution is -2.22. The average molecular weight is 352 g/mol. The zero-order valence-corrected chi connectivity index (χ0v) is 13.9. The molecule has 1 saturated heterocycles. The second-order valence-corrected chi connectivity index (χ2v) is 6.26. The Morgan fingerprint density at radius 1 is 1.08 bits per heavy atom. The van der Waals surface area contributed by atoms with Crippen LogP contribution in [-0.2, 0) is 0 Å². The molecular formula is C19H17FN4O2. The van der Waals surface area contributed by atoms with E-state index in [9.17, 15) is 14.3 Å². The molecule has 3 aromatic rings. The number of rotatable bonds is 4. The molecule has 0 aliphatic carbocycles. The van der Waals surface area contributed by atoms with Crippen molar-refractivity contribution in [2.45, 2.75) is 12.3 Å². The van der Waals surface area contributed by atoms with E-state index in [-0.39, 0.29) is 17.2 Å². The first-order valence-electron chi connectivity index (χ1n) is 8.39. The highest BCUT2D eigenvalue weighted by atomic mass is 19.1. The van der Waals surface area contributed by atoms with E-state index in [1.807, 2.05) is 23.1 Å². The molecule has 7 heteroatoms. The van der Waals surface area contributed by atoms with E-state index in [0.717, 1.165) is 11.2 Å². The highest BCUT2D eigenvalue weighted by Crippen LogP contribution is 2.31. The number of carboxylic acid groups (broad SMARTS) is 1. The highest BCUT2D eigenvalue weighted by Gasteiger charge is 2.30. The summed E-state index contributed by atoms with van der Waals surface area (Å²) in [6.07, 6.45) is 0.898. The van der Waals surface area contributed by atoms with Crippen LogP contribution in [0.5, 0.6) is 0 Å².